The Balaban J connectivity index is 1.59. The molecule has 1 saturated carbocycles. The van der Waals surface area contributed by atoms with E-state index in [0.717, 1.165) is 37.1 Å². The first-order chi connectivity index (χ1) is 11.0. The standard InChI is InChI=1S/C17H25N3O3/c1-12-4-2-5-14(19-12)6-3-11-18-17(23)20-15-9-7-13(8-10-15)16(21)22/h2,4-5,13,15H,3,6-11H2,1H3,(H,21,22)(H2,18,20,23). The number of rotatable bonds is 6. The Morgan fingerprint density at radius 3 is 2.65 bits per heavy atom. The number of pyridine rings is 1. The number of carboxylic acid groups (broad SMARTS) is 1. The summed E-state index contributed by atoms with van der Waals surface area (Å²) in [4.78, 5) is 27.2. The van der Waals surface area contributed by atoms with Gasteiger partial charge in [0.25, 0.3) is 0 Å². The molecule has 2 amide bonds. The number of amides is 2. The van der Waals surface area contributed by atoms with E-state index in [4.69, 9.17) is 5.11 Å². The second-order valence-electron chi connectivity index (χ2n) is 6.16. The van der Waals surface area contributed by atoms with Gasteiger partial charge in [-0.2, -0.15) is 0 Å². The number of nitrogens with one attached hydrogen (secondary N) is 2. The van der Waals surface area contributed by atoms with Crippen LogP contribution >= 0.6 is 0 Å². The molecule has 1 aromatic rings. The number of hydrogen-bond acceptors (Lipinski definition) is 3. The molecule has 0 atom stereocenters. The normalized spacial score (nSPS) is 20.7. The summed E-state index contributed by atoms with van der Waals surface area (Å²) < 4.78 is 0. The summed E-state index contributed by atoms with van der Waals surface area (Å²) in [5.74, 6) is -0.976. The lowest BCUT2D eigenvalue weighted by Gasteiger charge is -2.26. The molecular weight excluding hydrogens is 294 g/mol. The van der Waals surface area contributed by atoms with E-state index in [2.05, 4.69) is 15.6 Å². The van der Waals surface area contributed by atoms with E-state index >= 15 is 0 Å². The molecule has 1 fully saturated rings. The lowest BCUT2D eigenvalue weighted by Crippen LogP contribution is -2.44. The number of carboxylic acids is 1. The highest BCUT2D eigenvalue weighted by Crippen LogP contribution is 2.24. The fraction of sp³-hybridized carbons (Fsp3) is 0.588. The van der Waals surface area contributed by atoms with Gasteiger partial charge < -0.3 is 15.7 Å². The van der Waals surface area contributed by atoms with Crippen molar-refractivity contribution in [3.05, 3.63) is 29.6 Å². The van der Waals surface area contributed by atoms with Gasteiger partial charge in [-0.1, -0.05) is 6.07 Å². The van der Waals surface area contributed by atoms with Gasteiger partial charge in [-0.15, -0.1) is 0 Å². The molecule has 0 aromatic carbocycles. The lowest BCUT2D eigenvalue weighted by molar-refractivity contribution is -0.142. The van der Waals surface area contributed by atoms with Crippen molar-refractivity contribution in [2.75, 3.05) is 6.54 Å². The summed E-state index contributed by atoms with van der Waals surface area (Å²) in [6.07, 6.45) is 4.43. The summed E-state index contributed by atoms with van der Waals surface area (Å²) in [6.45, 7) is 2.57. The Labute approximate surface area is 136 Å². The summed E-state index contributed by atoms with van der Waals surface area (Å²) in [5.41, 5.74) is 2.05. The van der Waals surface area contributed by atoms with Crippen LogP contribution in [0.25, 0.3) is 0 Å². The maximum atomic E-state index is 11.8. The zero-order valence-corrected chi connectivity index (χ0v) is 13.5. The summed E-state index contributed by atoms with van der Waals surface area (Å²) >= 11 is 0. The highest BCUT2D eigenvalue weighted by molar-refractivity contribution is 5.74. The molecule has 1 heterocycles. The van der Waals surface area contributed by atoms with Crippen LogP contribution in [0, 0.1) is 12.8 Å². The second kappa shape index (κ2) is 8.50. The summed E-state index contributed by atoms with van der Waals surface area (Å²) in [6, 6.07) is 5.87. The van der Waals surface area contributed by atoms with Gasteiger partial charge in [0.05, 0.1) is 5.92 Å². The van der Waals surface area contributed by atoms with Gasteiger partial charge in [-0.05, 0) is 57.6 Å². The Hall–Kier alpha value is -2.11. The maximum Gasteiger partial charge on any atom is 0.315 e. The highest BCUT2D eigenvalue weighted by atomic mass is 16.4. The number of aliphatic carboxylic acids is 1. The van der Waals surface area contributed by atoms with Gasteiger partial charge in [0.15, 0.2) is 0 Å². The topological polar surface area (TPSA) is 91.3 Å². The van der Waals surface area contributed by atoms with E-state index in [1.165, 1.54) is 0 Å². The molecule has 1 aliphatic rings. The minimum Gasteiger partial charge on any atom is -0.481 e. The predicted molar refractivity (Wildman–Crippen MR) is 87.2 cm³/mol. The van der Waals surface area contributed by atoms with Crippen molar-refractivity contribution in [3.63, 3.8) is 0 Å². The van der Waals surface area contributed by atoms with Crippen LogP contribution in [0.4, 0.5) is 4.79 Å². The average molecular weight is 319 g/mol. The van der Waals surface area contributed by atoms with E-state index in [1.54, 1.807) is 0 Å². The molecule has 126 valence electrons. The van der Waals surface area contributed by atoms with E-state index in [0.29, 0.717) is 19.4 Å². The number of hydrogen-bond donors (Lipinski definition) is 3. The van der Waals surface area contributed by atoms with Crippen LogP contribution < -0.4 is 10.6 Å². The zero-order valence-electron chi connectivity index (χ0n) is 13.5. The second-order valence-corrected chi connectivity index (χ2v) is 6.16. The monoisotopic (exact) mass is 319 g/mol. The number of aryl methyl sites for hydroxylation is 2. The molecule has 2 rings (SSSR count). The van der Waals surface area contributed by atoms with Crippen molar-refractivity contribution < 1.29 is 14.7 Å². The SMILES string of the molecule is Cc1cccc(CCCNC(=O)NC2CCC(C(=O)O)CC2)n1. The molecule has 0 bridgehead atoms. The minimum atomic E-state index is -0.724. The molecule has 0 unspecified atom stereocenters. The number of aromatic nitrogens is 1. The minimum absolute atomic E-state index is 0.0871. The molecule has 3 N–H and O–H groups in total. The van der Waals surface area contributed by atoms with E-state index < -0.39 is 5.97 Å². The highest BCUT2D eigenvalue weighted by Gasteiger charge is 2.26. The molecule has 1 aliphatic carbocycles. The van der Waals surface area contributed by atoms with Crippen molar-refractivity contribution >= 4 is 12.0 Å². The lowest BCUT2D eigenvalue weighted by atomic mass is 9.86. The largest absolute Gasteiger partial charge is 0.481 e. The zero-order chi connectivity index (χ0) is 16.7. The van der Waals surface area contributed by atoms with Crippen LogP contribution in [0.15, 0.2) is 18.2 Å². The van der Waals surface area contributed by atoms with Crippen LogP contribution in [0.3, 0.4) is 0 Å². The molecule has 0 spiro atoms. The van der Waals surface area contributed by atoms with Crippen molar-refractivity contribution in [1.29, 1.82) is 0 Å². The third kappa shape index (κ3) is 5.88. The molecule has 0 radical (unpaired) electrons. The number of carbonyl (C=O) groups is 2. The van der Waals surface area contributed by atoms with Gasteiger partial charge in [0, 0.05) is 24.0 Å². The van der Waals surface area contributed by atoms with Gasteiger partial charge in [0.2, 0.25) is 0 Å². The Morgan fingerprint density at radius 2 is 2.00 bits per heavy atom. The molecule has 6 heteroatoms. The molecule has 23 heavy (non-hydrogen) atoms. The van der Waals surface area contributed by atoms with Gasteiger partial charge in [-0.25, -0.2) is 4.79 Å². The smallest absolute Gasteiger partial charge is 0.315 e. The van der Waals surface area contributed by atoms with Crippen molar-refractivity contribution in [2.24, 2.45) is 5.92 Å². The molecular formula is C17H25N3O3. The third-order valence-electron chi connectivity index (χ3n) is 4.25. The van der Waals surface area contributed by atoms with Crippen LogP contribution in [-0.4, -0.2) is 34.7 Å². The predicted octanol–water partition coefficient (Wildman–Crippen LogP) is 2.27. The number of carbonyl (C=O) groups excluding carboxylic acids is 1. The van der Waals surface area contributed by atoms with Gasteiger partial charge >= 0.3 is 12.0 Å². The van der Waals surface area contributed by atoms with Crippen LogP contribution in [0.2, 0.25) is 0 Å². The molecule has 0 aliphatic heterocycles. The molecule has 1 aromatic heterocycles. The summed E-state index contributed by atoms with van der Waals surface area (Å²) in [7, 11) is 0. The van der Waals surface area contributed by atoms with E-state index in [-0.39, 0.29) is 18.0 Å². The molecule has 0 saturated heterocycles. The number of urea groups is 1. The van der Waals surface area contributed by atoms with Crippen LogP contribution in [-0.2, 0) is 11.2 Å². The van der Waals surface area contributed by atoms with Crippen molar-refractivity contribution in [1.82, 2.24) is 15.6 Å². The van der Waals surface area contributed by atoms with E-state index in [9.17, 15) is 9.59 Å². The Morgan fingerprint density at radius 1 is 1.26 bits per heavy atom. The fourth-order valence-electron chi connectivity index (χ4n) is 2.93. The first-order valence-electron chi connectivity index (χ1n) is 8.24. The first-order valence-corrected chi connectivity index (χ1v) is 8.24. The van der Waals surface area contributed by atoms with Gasteiger partial charge in [0.1, 0.15) is 0 Å². The van der Waals surface area contributed by atoms with Crippen LogP contribution in [0.5, 0.6) is 0 Å². The number of nitrogens with zero attached hydrogens (tertiary/aromatic N) is 1. The maximum absolute atomic E-state index is 11.8. The quantitative estimate of drug-likeness (QED) is 0.701. The van der Waals surface area contributed by atoms with Gasteiger partial charge in [-0.3, -0.25) is 9.78 Å². The van der Waals surface area contributed by atoms with Crippen molar-refractivity contribution in [3.8, 4) is 0 Å². The van der Waals surface area contributed by atoms with Crippen LogP contribution in [0.1, 0.15) is 43.5 Å². The average Bonchev–Trinajstić information content (AvgIpc) is 2.52. The summed E-state index contributed by atoms with van der Waals surface area (Å²) in [5, 5.41) is 14.7. The van der Waals surface area contributed by atoms with Crippen molar-refractivity contribution in [2.45, 2.75) is 51.5 Å². The Kier molecular flexibility index (Phi) is 6.38. The first kappa shape index (κ1) is 17.2. The fourth-order valence-corrected chi connectivity index (χ4v) is 2.93. The van der Waals surface area contributed by atoms with E-state index in [1.807, 2.05) is 25.1 Å². The molecule has 6 nitrogen and oxygen atoms in total. The third-order valence-corrected chi connectivity index (χ3v) is 4.25. The Bertz CT molecular complexity index is 540.